The van der Waals surface area contributed by atoms with Crippen LogP contribution in [0.25, 0.3) is 0 Å². The number of thiocarbonyl (C=S) groups is 1. The number of aliphatic hydroxyl groups is 1. The fourth-order valence-corrected chi connectivity index (χ4v) is 2.18. The zero-order chi connectivity index (χ0) is 15.1. The lowest BCUT2D eigenvalue weighted by Crippen LogP contribution is -2.42. The van der Waals surface area contributed by atoms with Gasteiger partial charge in [-0.15, -0.1) is 0 Å². The lowest BCUT2D eigenvalue weighted by Gasteiger charge is -2.25. The van der Waals surface area contributed by atoms with Crippen LogP contribution in [0.15, 0.2) is 30.3 Å². The highest BCUT2D eigenvalue weighted by molar-refractivity contribution is 7.80. The second kappa shape index (κ2) is 7.94. The maximum atomic E-state index is 12.4. The van der Waals surface area contributed by atoms with Gasteiger partial charge in [-0.1, -0.05) is 42.5 Å². The Bertz CT molecular complexity index is 453. The summed E-state index contributed by atoms with van der Waals surface area (Å²) in [5.74, 6) is -0.912. The van der Waals surface area contributed by atoms with Crippen molar-refractivity contribution in [1.29, 1.82) is 0 Å². The molecule has 0 aliphatic rings. The van der Waals surface area contributed by atoms with Crippen LogP contribution in [0.4, 0.5) is 0 Å². The lowest BCUT2D eigenvalue weighted by atomic mass is 9.97. The van der Waals surface area contributed by atoms with Crippen LogP contribution < -0.4 is 5.73 Å². The lowest BCUT2D eigenvalue weighted by molar-refractivity contribution is -0.131. The van der Waals surface area contributed by atoms with E-state index in [0.29, 0.717) is 0 Å². The minimum absolute atomic E-state index is 0.120. The number of methoxy groups -OCH3 is 1. The number of carbonyl (C=O) groups is 1. The Labute approximate surface area is 124 Å². The first-order chi connectivity index (χ1) is 9.47. The maximum Gasteiger partial charge on any atom is 0.236 e. The van der Waals surface area contributed by atoms with Crippen molar-refractivity contribution in [2.45, 2.75) is 12.0 Å². The molecule has 0 radical (unpaired) electrons. The molecule has 3 N–H and O–H groups in total. The average molecular weight is 296 g/mol. The summed E-state index contributed by atoms with van der Waals surface area (Å²) in [5, 5.41) is 9.68. The molecule has 1 rings (SSSR count). The summed E-state index contributed by atoms with van der Waals surface area (Å²) in [6.07, 6.45) is -0.739. The summed E-state index contributed by atoms with van der Waals surface area (Å²) in [7, 11) is 3.10. The summed E-state index contributed by atoms with van der Waals surface area (Å²) in [5.41, 5.74) is 6.44. The highest BCUT2D eigenvalue weighted by Gasteiger charge is 2.27. The molecule has 20 heavy (non-hydrogen) atoms. The molecule has 110 valence electrons. The highest BCUT2D eigenvalue weighted by Crippen LogP contribution is 2.18. The first-order valence-corrected chi connectivity index (χ1v) is 6.64. The number of carbonyl (C=O) groups excluding carboxylic acids is 1. The van der Waals surface area contributed by atoms with Gasteiger partial charge in [0.2, 0.25) is 5.91 Å². The largest absolute Gasteiger partial charge is 0.392 e. The van der Waals surface area contributed by atoms with E-state index in [1.165, 1.54) is 12.0 Å². The van der Waals surface area contributed by atoms with E-state index in [-0.39, 0.29) is 24.0 Å². The number of hydrogen-bond acceptors (Lipinski definition) is 4. The van der Waals surface area contributed by atoms with Crippen LogP contribution in [0.1, 0.15) is 11.5 Å². The molecule has 0 saturated carbocycles. The van der Waals surface area contributed by atoms with Gasteiger partial charge >= 0.3 is 0 Å². The van der Waals surface area contributed by atoms with Crippen molar-refractivity contribution in [3.05, 3.63) is 35.9 Å². The van der Waals surface area contributed by atoms with Crippen LogP contribution in [-0.4, -0.2) is 54.3 Å². The van der Waals surface area contributed by atoms with Crippen molar-refractivity contribution < 1.29 is 14.6 Å². The van der Waals surface area contributed by atoms with Crippen LogP contribution in [0, 0.1) is 0 Å². The minimum atomic E-state index is -0.739. The Kier molecular flexibility index (Phi) is 6.57. The van der Waals surface area contributed by atoms with Gasteiger partial charge in [0.05, 0.1) is 17.7 Å². The van der Waals surface area contributed by atoms with Crippen molar-refractivity contribution in [2.24, 2.45) is 5.73 Å². The number of ether oxygens (including phenoxy) is 1. The topological polar surface area (TPSA) is 75.8 Å². The normalized spacial score (nSPS) is 13.6. The third-order valence-electron chi connectivity index (χ3n) is 2.88. The predicted molar refractivity (Wildman–Crippen MR) is 81.5 cm³/mol. The van der Waals surface area contributed by atoms with Gasteiger partial charge in [0.1, 0.15) is 5.92 Å². The number of benzene rings is 1. The van der Waals surface area contributed by atoms with Gasteiger partial charge < -0.3 is 20.5 Å². The molecular formula is C14H20N2O3S. The number of aliphatic hydroxyl groups excluding tert-OH is 1. The summed E-state index contributed by atoms with van der Waals surface area (Å²) in [4.78, 5) is 14.0. The van der Waals surface area contributed by atoms with E-state index >= 15 is 0 Å². The summed E-state index contributed by atoms with van der Waals surface area (Å²) in [6, 6.07) is 9.13. The van der Waals surface area contributed by atoms with Crippen LogP contribution >= 0.6 is 12.2 Å². The molecule has 0 spiro atoms. The number of amides is 1. The molecule has 5 nitrogen and oxygen atoms in total. The van der Waals surface area contributed by atoms with Gasteiger partial charge in [-0.3, -0.25) is 4.79 Å². The molecule has 0 saturated heterocycles. The van der Waals surface area contributed by atoms with Crippen LogP contribution in [0.3, 0.4) is 0 Å². The molecular weight excluding hydrogens is 276 g/mol. The highest BCUT2D eigenvalue weighted by atomic mass is 32.1. The van der Waals surface area contributed by atoms with Crippen LogP contribution in [0.5, 0.6) is 0 Å². The van der Waals surface area contributed by atoms with Crippen molar-refractivity contribution in [2.75, 3.05) is 27.3 Å². The number of nitrogens with two attached hydrogens (primary N) is 1. The SMILES string of the molecule is COCC(O)CN(C)C(=O)C(C(N)=S)c1ccccc1. The number of likely N-dealkylation sites (N-methyl/N-ethyl adjacent to an activating group) is 1. The monoisotopic (exact) mass is 296 g/mol. The average Bonchev–Trinajstić information content (AvgIpc) is 2.39. The summed E-state index contributed by atoms with van der Waals surface area (Å²) in [6.45, 7) is 0.333. The molecule has 0 aliphatic heterocycles. The van der Waals surface area contributed by atoms with E-state index in [4.69, 9.17) is 22.7 Å². The van der Waals surface area contributed by atoms with Gasteiger partial charge in [-0.05, 0) is 5.56 Å². The molecule has 2 atom stereocenters. The molecule has 1 aromatic rings. The molecule has 6 heteroatoms. The standard InChI is InChI=1S/C14H20N2O3S/c1-16(8-11(17)9-19-2)14(18)12(13(15)20)10-6-4-3-5-7-10/h3-7,11-12,17H,8-9H2,1-2H3,(H2,15,20). The van der Waals surface area contributed by atoms with Gasteiger partial charge in [0, 0.05) is 20.7 Å². The third-order valence-corrected chi connectivity index (χ3v) is 3.12. The Morgan fingerprint density at radius 1 is 1.45 bits per heavy atom. The first-order valence-electron chi connectivity index (χ1n) is 6.23. The summed E-state index contributed by atoms with van der Waals surface area (Å²) >= 11 is 5.00. The van der Waals surface area contributed by atoms with Gasteiger partial charge in [0.15, 0.2) is 0 Å². The zero-order valence-electron chi connectivity index (χ0n) is 11.7. The molecule has 0 bridgehead atoms. The van der Waals surface area contributed by atoms with Crippen molar-refractivity contribution >= 4 is 23.1 Å². The predicted octanol–water partition coefficient (Wildman–Crippen LogP) is 0.522. The zero-order valence-corrected chi connectivity index (χ0v) is 12.5. The van der Waals surface area contributed by atoms with Crippen molar-refractivity contribution in [3.8, 4) is 0 Å². The fourth-order valence-electron chi connectivity index (χ4n) is 1.95. The van der Waals surface area contributed by atoms with E-state index in [1.54, 1.807) is 19.2 Å². The molecule has 0 aliphatic carbocycles. The Balaban J connectivity index is 2.82. The second-order valence-corrected chi connectivity index (χ2v) is 5.05. The van der Waals surface area contributed by atoms with Crippen LogP contribution in [-0.2, 0) is 9.53 Å². The maximum absolute atomic E-state index is 12.4. The van der Waals surface area contributed by atoms with E-state index in [9.17, 15) is 9.90 Å². The molecule has 0 heterocycles. The number of nitrogens with zero attached hydrogens (tertiary/aromatic N) is 1. The Morgan fingerprint density at radius 2 is 2.05 bits per heavy atom. The van der Waals surface area contributed by atoms with E-state index < -0.39 is 12.0 Å². The van der Waals surface area contributed by atoms with E-state index in [2.05, 4.69) is 0 Å². The van der Waals surface area contributed by atoms with Gasteiger partial charge in [-0.25, -0.2) is 0 Å². The molecule has 0 fully saturated rings. The first kappa shape index (κ1) is 16.6. The second-order valence-electron chi connectivity index (χ2n) is 4.57. The van der Waals surface area contributed by atoms with Crippen LogP contribution in [0.2, 0.25) is 0 Å². The van der Waals surface area contributed by atoms with Gasteiger partial charge in [0.25, 0.3) is 0 Å². The Morgan fingerprint density at radius 3 is 2.55 bits per heavy atom. The molecule has 2 unspecified atom stereocenters. The van der Waals surface area contributed by atoms with Gasteiger partial charge in [-0.2, -0.15) is 0 Å². The van der Waals surface area contributed by atoms with Crippen molar-refractivity contribution in [1.82, 2.24) is 4.90 Å². The molecule has 1 aromatic carbocycles. The smallest absolute Gasteiger partial charge is 0.236 e. The van der Waals surface area contributed by atoms with E-state index in [0.717, 1.165) is 5.56 Å². The molecule has 0 aromatic heterocycles. The Hall–Kier alpha value is -1.50. The third kappa shape index (κ3) is 4.56. The molecule has 1 amide bonds. The quantitative estimate of drug-likeness (QED) is 0.718. The number of hydrogen-bond donors (Lipinski definition) is 2. The van der Waals surface area contributed by atoms with Crippen molar-refractivity contribution in [3.63, 3.8) is 0 Å². The fraction of sp³-hybridized carbons (Fsp3) is 0.429. The summed E-state index contributed by atoms with van der Waals surface area (Å²) < 4.78 is 4.84. The van der Waals surface area contributed by atoms with E-state index in [1.807, 2.05) is 18.2 Å². The number of rotatable bonds is 7. The minimum Gasteiger partial charge on any atom is -0.392 e.